The molecule has 0 aliphatic rings. The number of hydrogen-bond acceptors (Lipinski definition) is 10. The predicted molar refractivity (Wildman–Crippen MR) is 103 cm³/mol. The fourth-order valence-corrected chi connectivity index (χ4v) is 4.28. The Morgan fingerprint density at radius 3 is 2.52 bits per heavy atom. The number of thioether (sulfide) groups is 1. The summed E-state index contributed by atoms with van der Waals surface area (Å²) in [6.07, 6.45) is 0. The Kier molecular flexibility index (Phi) is 7.60. The highest BCUT2D eigenvalue weighted by Gasteiger charge is 2.28. The highest BCUT2D eigenvalue weighted by Crippen LogP contribution is 2.36. The van der Waals surface area contributed by atoms with Gasteiger partial charge in [-0.15, -0.1) is 16.4 Å². The van der Waals surface area contributed by atoms with Crippen LogP contribution in [0.2, 0.25) is 0 Å². The molecule has 0 aliphatic heterocycles. The average molecular weight is 414 g/mol. The van der Waals surface area contributed by atoms with Crippen LogP contribution in [-0.4, -0.2) is 45.4 Å². The number of rotatable bonds is 9. The zero-order chi connectivity index (χ0) is 20.0. The van der Waals surface area contributed by atoms with Gasteiger partial charge in [0, 0.05) is 17.9 Å². The summed E-state index contributed by atoms with van der Waals surface area (Å²) in [7, 11) is 0. The van der Waals surface area contributed by atoms with E-state index < -0.39 is 11.9 Å². The fraction of sp³-hybridized carbons (Fsp3) is 0.562. The van der Waals surface area contributed by atoms with Gasteiger partial charge in [-0.05, 0) is 30.2 Å². The molecule has 0 saturated heterocycles. The third kappa shape index (κ3) is 5.19. The Morgan fingerprint density at radius 2 is 1.89 bits per heavy atom. The third-order valence-electron chi connectivity index (χ3n) is 3.36. The molecule has 0 radical (unpaired) electrons. The minimum Gasteiger partial charge on any atom is -0.462 e. The number of esters is 2. The maximum Gasteiger partial charge on any atom is 0.348 e. The molecule has 2 rings (SSSR count). The van der Waals surface area contributed by atoms with E-state index in [4.69, 9.17) is 15.2 Å². The van der Waals surface area contributed by atoms with Crippen molar-refractivity contribution in [2.45, 2.75) is 45.1 Å². The number of aromatic nitrogens is 4. The summed E-state index contributed by atoms with van der Waals surface area (Å²) < 4.78 is 11.9. The second-order valence-electron chi connectivity index (χ2n) is 5.92. The van der Waals surface area contributed by atoms with Gasteiger partial charge in [-0.3, -0.25) is 0 Å². The van der Waals surface area contributed by atoms with Crippen LogP contribution in [0.1, 0.15) is 53.3 Å². The van der Waals surface area contributed by atoms with Gasteiger partial charge in [0.05, 0.1) is 18.8 Å². The largest absolute Gasteiger partial charge is 0.462 e. The van der Waals surface area contributed by atoms with Crippen molar-refractivity contribution in [1.29, 1.82) is 0 Å². The number of nitrogens with two attached hydrogens (primary N) is 1. The molecule has 27 heavy (non-hydrogen) atoms. The molecule has 11 heteroatoms. The topological polar surface area (TPSA) is 122 Å². The van der Waals surface area contributed by atoms with E-state index in [1.54, 1.807) is 18.5 Å². The summed E-state index contributed by atoms with van der Waals surface area (Å²) in [5, 5.41) is 12.5. The van der Waals surface area contributed by atoms with Crippen molar-refractivity contribution in [3.63, 3.8) is 0 Å². The first-order valence-electron chi connectivity index (χ1n) is 8.53. The van der Waals surface area contributed by atoms with Crippen LogP contribution in [0, 0.1) is 5.92 Å². The molecule has 0 saturated carbocycles. The maximum absolute atomic E-state index is 12.4. The lowest BCUT2D eigenvalue weighted by atomic mass is 10.1. The number of hydrogen-bond donors (Lipinski definition) is 1. The van der Waals surface area contributed by atoms with Crippen LogP contribution in [0.15, 0.2) is 5.16 Å². The van der Waals surface area contributed by atoms with Crippen molar-refractivity contribution in [2.75, 3.05) is 18.9 Å². The van der Waals surface area contributed by atoms with Crippen molar-refractivity contribution in [3.05, 3.63) is 16.0 Å². The van der Waals surface area contributed by atoms with Crippen LogP contribution in [0.25, 0.3) is 0 Å². The first-order valence-corrected chi connectivity index (χ1v) is 10.3. The standard InChI is InChI=1S/C16H23N5O4S2/c1-5-24-14(22)11-10(12(27-13(11)17)15(23)25-6-2)8-26-16-18-19-20-21(16)7-9(3)4/h9H,5-8,17H2,1-4H3. The molecule has 0 bridgehead atoms. The molecule has 2 aromatic heterocycles. The summed E-state index contributed by atoms with van der Waals surface area (Å²) in [6.45, 7) is 8.65. The minimum absolute atomic E-state index is 0.209. The second kappa shape index (κ2) is 9.70. The van der Waals surface area contributed by atoms with Crippen molar-refractivity contribution in [1.82, 2.24) is 20.2 Å². The molecule has 0 amide bonds. The van der Waals surface area contributed by atoms with Gasteiger partial charge >= 0.3 is 11.9 Å². The zero-order valence-corrected chi connectivity index (χ0v) is 17.4. The highest BCUT2D eigenvalue weighted by molar-refractivity contribution is 7.98. The normalized spacial score (nSPS) is 11.0. The number of ether oxygens (including phenoxy) is 2. The van der Waals surface area contributed by atoms with Crippen LogP contribution in [0.3, 0.4) is 0 Å². The van der Waals surface area contributed by atoms with E-state index in [2.05, 4.69) is 29.4 Å². The van der Waals surface area contributed by atoms with Crippen molar-refractivity contribution in [3.8, 4) is 0 Å². The minimum atomic E-state index is -0.556. The van der Waals surface area contributed by atoms with Crippen LogP contribution in [0.4, 0.5) is 5.00 Å². The van der Waals surface area contributed by atoms with Gasteiger partial charge in [-0.1, -0.05) is 25.6 Å². The lowest BCUT2D eigenvalue weighted by Crippen LogP contribution is -2.11. The molecule has 2 aromatic rings. The second-order valence-corrected chi connectivity index (χ2v) is 7.91. The predicted octanol–water partition coefficient (Wildman–Crippen LogP) is 2.62. The number of carbonyl (C=O) groups is 2. The van der Waals surface area contributed by atoms with E-state index in [-0.39, 0.29) is 29.5 Å². The van der Waals surface area contributed by atoms with Crippen LogP contribution < -0.4 is 5.73 Å². The zero-order valence-electron chi connectivity index (χ0n) is 15.7. The summed E-state index contributed by atoms with van der Waals surface area (Å²) >= 11 is 2.35. The quantitative estimate of drug-likeness (QED) is 0.488. The molecular formula is C16H23N5O4S2. The van der Waals surface area contributed by atoms with Crippen molar-refractivity contribution < 1.29 is 19.1 Å². The van der Waals surface area contributed by atoms with Crippen molar-refractivity contribution >= 4 is 40.0 Å². The monoisotopic (exact) mass is 413 g/mol. The van der Waals surface area contributed by atoms with E-state index in [9.17, 15) is 9.59 Å². The number of tetrazole rings is 1. The van der Waals surface area contributed by atoms with E-state index in [0.717, 1.165) is 11.3 Å². The molecule has 148 valence electrons. The van der Waals surface area contributed by atoms with Crippen LogP contribution in [0.5, 0.6) is 0 Å². The Balaban J connectivity index is 2.34. The number of anilines is 1. The SMILES string of the molecule is CCOC(=O)c1sc(N)c(C(=O)OCC)c1CSc1nnnn1CC(C)C. The van der Waals surface area contributed by atoms with Crippen LogP contribution >= 0.6 is 23.1 Å². The summed E-state index contributed by atoms with van der Waals surface area (Å²) in [4.78, 5) is 25.0. The maximum atomic E-state index is 12.4. The Hall–Kier alpha value is -2.14. The van der Waals surface area contributed by atoms with Gasteiger partial charge in [-0.25, -0.2) is 14.3 Å². The number of thiophene rings is 1. The van der Waals surface area contributed by atoms with Gasteiger partial charge in [0.2, 0.25) is 5.16 Å². The summed E-state index contributed by atoms with van der Waals surface area (Å²) in [5.74, 6) is -0.412. The molecule has 0 aromatic carbocycles. The number of carbonyl (C=O) groups excluding carboxylic acids is 2. The molecule has 2 N–H and O–H groups in total. The highest BCUT2D eigenvalue weighted by atomic mass is 32.2. The van der Waals surface area contributed by atoms with Gasteiger partial charge in [0.15, 0.2) is 0 Å². The molecule has 9 nitrogen and oxygen atoms in total. The smallest absolute Gasteiger partial charge is 0.348 e. The molecular weight excluding hydrogens is 390 g/mol. The molecule has 0 fully saturated rings. The van der Waals surface area contributed by atoms with Gasteiger partial charge < -0.3 is 15.2 Å². The Morgan fingerprint density at radius 1 is 1.22 bits per heavy atom. The van der Waals surface area contributed by atoms with Crippen LogP contribution in [-0.2, 0) is 21.8 Å². The Labute approximate surface area is 165 Å². The van der Waals surface area contributed by atoms with E-state index in [1.165, 1.54) is 11.8 Å². The molecule has 0 spiro atoms. The molecule has 0 atom stereocenters. The van der Waals surface area contributed by atoms with Gasteiger partial charge in [0.25, 0.3) is 0 Å². The summed E-state index contributed by atoms with van der Waals surface area (Å²) in [5.41, 5.74) is 6.70. The number of nitrogen functional groups attached to an aromatic ring is 1. The number of nitrogens with zero attached hydrogens (tertiary/aromatic N) is 4. The molecule has 2 heterocycles. The van der Waals surface area contributed by atoms with Gasteiger partial charge in [0.1, 0.15) is 9.88 Å². The van der Waals surface area contributed by atoms with Gasteiger partial charge in [-0.2, -0.15) is 0 Å². The third-order valence-corrected chi connectivity index (χ3v) is 5.38. The lowest BCUT2D eigenvalue weighted by molar-refractivity contribution is 0.0527. The summed E-state index contributed by atoms with van der Waals surface area (Å²) in [6, 6.07) is 0. The average Bonchev–Trinajstić information content (AvgIpc) is 3.16. The van der Waals surface area contributed by atoms with E-state index >= 15 is 0 Å². The van der Waals surface area contributed by atoms with E-state index in [0.29, 0.717) is 28.1 Å². The van der Waals surface area contributed by atoms with E-state index in [1.807, 2.05) is 0 Å². The lowest BCUT2D eigenvalue weighted by Gasteiger charge is -2.09. The molecule has 0 aliphatic carbocycles. The van der Waals surface area contributed by atoms with Crippen molar-refractivity contribution in [2.24, 2.45) is 5.92 Å². The first kappa shape index (κ1) is 21.2. The molecule has 0 unspecified atom stereocenters. The fourth-order valence-electron chi connectivity index (χ4n) is 2.31. The Bertz CT molecular complexity index is 803. The first-order chi connectivity index (χ1) is 12.9.